The van der Waals surface area contributed by atoms with Crippen molar-refractivity contribution in [1.82, 2.24) is 9.80 Å². The van der Waals surface area contributed by atoms with Crippen LogP contribution in [0.15, 0.2) is 29.6 Å². The Morgan fingerprint density at radius 3 is 2.92 bits per heavy atom. The highest BCUT2D eigenvalue weighted by atomic mass is 32.1. The highest BCUT2D eigenvalue weighted by Crippen LogP contribution is 2.37. The molecule has 0 spiro atoms. The summed E-state index contributed by atoms with van der Waals surface area (Å²) >= 11 is 1.74. The molecule has 0 bridgehead atoms. The molecule has 2 aliphatic rings. The van der Waals surface area contributed by atoms with E-state index in [-0.39, 0.29) is 5.91 Å². The number of likely N-dealkylation sites (N-methyl/N-ethyl adjacent to an activating group) is 2. The smallest absolute Gasteiger partial charge is 0.227 e. The second-order valence-electron chi connectivity index (χ2n) is 7.81. The minimum absolute atomic E-state index is 0.271. The van der Waals surface area contributed by atoms with Crippen LogP contribution in [0.4, 0.5) is 0 Å². The van der Waals surface area contributed by atoms with Gasteiger partial charge in [-0.2, -0.15) is 0 Å². The van der Waals surface area contributed by atoms with Gasteiger partial charge in [0.15, 0.2) is 0 Å². The van der Waals surface area contributed by atoms with E-state index < -0.39 is 0 Å². The molecule has 1 aromatic carbocycles. The lowest BCUT2D eigenvalue weighted by Crippen LogP contribution is -2.58. The Balaban J connectivity index is 1.51. The van der Waals surface area contributed by atoms with E-state index in [2.05, 4.69) is 46.5 Å². The van der Waals surface area contributed by atoms with Crippen molar-refractivity contribution in [2.75, 3.05) is 20.6 Å². The first kappa shape index (κ1) is 17.0. The topological polar surface area (TPSA) is 23.6 Å². The average molecular weight is 357 g/mol. The number of thiophene rings is 1. The van der Waals surface area contributed by atoms with Gasteiger partial charge in [-0.25, -0.2) is 0 Å². The Morgan fingerprint density at radius 1 is 1.24 bits per heavy atom. The minimum atomic E-state index is 0.271. The van der Waals surface area contributed by atoms with Crippen molar-refractivity contribution in [3.63, 3.8) is 0 Å². The highest BCUT2D eigenvalue weighted by Gasteiger charge is 2.40. The molecular weight excluding hydrogens is 328 g/mol. The van der Waals surface area contributed by atoms with Gasteiger partial charge in [-0.3, -0.25) is 4.79 Å². The molecule has 0 unspecified atom stereocenters. The van der Waals surface area contributed by atoms with Crippen molar-refractivity contribution in [3.05, 3.63) is 35.2 Å². The Morgan fingerprint density at radius 2 is 2.04 bits per heavy atom. The van der Waals surface area contributed by atoms with Crippen LogP contribution in [-0.4, -0.2) is 48.4 Å². The summed E-state index contributed by atoms with van der Waals surface area (Å²) in [6, 6.07) is 9.34. The normalized spacial score (nSPS) is 27.2. The molecule has 0 radical (unpaired) electrons. The maximum atomic E-state index is 13.0. The van der Waals surface area contributed by atoms with Gasteiger partial charge in [-0.1, -0.05) is 24.6 Å². The van der Waals surface area contributed by atoms with Crippen molar-refractivity contribution >= 4 is 27.3 Å². The first-order valence-electron chi connectivity index (χ1n) is 9.56. The molecule has 2 fully saturated rings. The molecule has 3 nitrogen and oxygen atoms in total. The fourth-order valence-electron chi connectivity index (χ4n) is 5.03. The number of nitrogens with zero attached hydrogens (tertiary/aromatic N) is 2. The fourth-order valence-corrected chi connectivity index (χ4v) is 5.99. The lowest BCUT2D eigenvalue weighted by molar-refractivity contribution is -0.134. The molecule has 4 heteroatoms. The maximum absolute atomic E-state index is 13.0. The number of likely N-dealkylation sites (tertiary alicyclic amines) is 1. The monoisotopic (exact) mass is 356 g/mol. The van der Waals surface area contributed by atoms with E-state index in [1.807, 2.05) is 7.05 Å². The zero-order chi connectivity index (χ0) is 17.4. The first-order valence-corrected chi connectivity index (χ1v) is 10.4. The number of piperidine rings is 1. The van der Waals surface area contributed by atoms with Crippen LogP contribution in [0.25, 0.3) is 10.1 Å². The van der Waals surface area contributed by atoms with Crippen molar-refractivity contribution in [2.45, 2.75) is 50.6 Å². The van der Waals surface area contributed by atoms with Crippen LogP contribution in [0, 0.1) is 5.92 Å². The van der Waals surface area contributed by atoms with Crippen LogP contribution in [0.3, 0.4) is 0 Å². The fraction of sp³-hybridized carbons (Fsp3) is 0.571. The van der Waals surface area contributed by atoms with Gasteiger partial charge >= 0.3 is 0 Å². The van der Waals surface area contributed by atoms with Gasteiger partial charge in [0.1, 0.15) is 0 Å². The van der Waals surface area contributed by atoms with Crippen molar-refractivity contribution < 1.29 is 4.79 Å². The molecule has 0 N–H and O–H groups in total. The van der Waals surface area contributed by atoms with Gasteiger partial charge in [0.05, 0.1) is 6.42 Å². The Labute approximate surface area is 154 Å². The summed E-state index contributed by atoms with van der Waals surface area (Å²) in [6.07, 6.45) is 6.92. The predicted octanol–water partition coefficient (Wildman–Crippen LogP) is 4.17. The summed E-state index contributed by atoms with van der Waals surface area (Å²) in [5, 5.41) is 3.40. The summed E-state index contributed by atoms with van der Waals surface area (Å²) in [6.45, 7) is 1.18. The second kappa shape index (κ2) is 7.08. The highest BCUT2D eigenvalue weighted by molar-refractivity contribution is 7.17. The van der Waals surface area contributed by atoms with Crippen molar-refractivity contribution in [1.29, 1.82) is 0 Å². The summed E-state index contributed by atoms with van der Waals surface area (Å²) < 4.78 is 1.28. The molecule has 1 amide bonds. The van der Waals surface area contributed by atoms with E-state index in [4.69, 9.17) is 0 Å². The largest absolute Gasteiger partial charge is 0.341 e. The maximum Gasteiger partial charge on any atom is 0.227 e. The number of carbonyl (C=O) groups is 1. The van der Waals surface area contributed by atoms with Crippen LogP contribution in [0.1, 0.15) is 37.7 Å². The predicted molar refractivity (Wildman–Crippen MR) is 105 cm³/mol. The van der Waals surface area contributed by atoms with Crippen molar-refractivity contribution in [2.24, 2.45) is 5.92 Å². The van der Waals surface area contributed by atoms with Gasteiger partial charge < -0.3 is 9.80 Å². The summed E-state index contributed by atoms with van der Waals surface area (Å²) in [7, 11) is 4.28. The number of hydrogen-bond donors (Lipinski definition) is 0. The average Bonchev–Trinajstić information content (AvgIpc) is 3.04. The number of benzene rings is 1. The third-order valence-corrected chi connectivity index (χ3v) is 7.35. The third kappa shape index (κ3) is 3.22. The molecule has 4 rings (SSSR count). The molecule has 25 heavy (non-hydrogen) atoms. The quantitative estimate of drug-likeness (QED) is 0.824. The number of carbonyl (C=O) groups excluding carboxylic acids is 1. The van der Waals surface area contributed by atoms with Gasteiger partial charge in [0.25, 0.3) is 0 Å². The molecular formula is C21H28N2OS. The van der Waals surface area contributed by atoms with Crippen LogP contribution in [0.5, 0.6) is 0 Å². The lowest BCUT2D eigenvalue weighted by atomic mass is 9.75. The van der Waals surface area contributed by atoms with E-state index >= 15 is 0 Å². The van der Waals surface area contributed by atoms with E-state index in [1.165, 1.54) is 47.9 Å². The molecule has 1 aliphatic carbocycles. The van der Waals surface area contributed by atoms with Gasteiger partial charge in [0.2, 0.25) is 5.91 Å². The summed E-state index contributed by atoms with van der Waals surface area (Å²) in [5.41, 5.74) is 1.18. The lowest BCUT2D eigenvalue weighted by Gasteiger charge is -2.49. The minimum Gasteiger partial charge on any atom is -0.341 e. The number of hydrogen-bond acceptors (Lipinski definition) is 3. The Kier molecular flexibility index (Phi) is 4.83. The zero-order valence-electron chi connectivity index (χ0n) is 15.3. The van der Waals surface area contributed by atoms with E-state index in [9.17, 15) is 4.79 Å². The van der Waals surface area contributed by atoms with Crippen LogP contribution in [0.2, 0.25) is 0 Å². The zero-order valence-corrected chi connectivity index (χ0v) is 16.1. The molecule has 1 saturated heterocycles. The number of rotatable bonds is 3. The molecule has 2 heterocycles. The second-order valence-corrected chi connectivity index (χ2v) is 8.72. The number of fused-ring (bicyclic) bond motifs is 2. The Hall–Kier alpha value is -1.39. The molecule has 1 aliphatic heterocycles. The van der Waals surface area contributed by atoms with Crippen LogP contribution in [-0.2, 0) is 11.2 Å². The van der Waals surface area contributed by atoms with Crippen molar-refractivity contribution in [3.8, 4) is 0 Å². The van der Waals surface area contributed by atoms with Gasteiger partial charge in [-0.15, -0.1) is 11.3 Å². The SMILES string of the molecule is CN1CCC[C@H]2CCC[C@H](N(C)C(=O)Cc3csc4ccccc34)[C@H]21. The number of amides is 1. The van der Waals surface area contributed by atoms with E-state index in [1.54, 1.807) is 11.3 Å². The first-order chi connectivity index (χ1) is 12.1. The molecule has 1 saturated carbocycles. The molecule has 134 valence electrons. The van der Waals surface area contributed by atoms with Gasteiger partial charge in [0, 0.05) is 23.8 Å². The molecule has 3 atom stereocenters. The molecule has 2 aromatic rings. The van der Waals surface area contributed by atoms with Crippen LogP contribution < -0.4 is 0 Å². The van der Waals surface area contributed by atoms with Crippen LogP contribution >= 0.6 is 11.3 Å². The van der Waals surface area contributed by atoms with Gasteiger partial charge in [-0.05, 0) is 67.6 Å². The third-order valence-electron chi connectivity index (χ3n) is 6.34. The van der Waals surface area contributed by atoms with E-state index in [0.717, 1.165) is 12.3 Å². The standard InChI is InChI=1S/C21H28N2OS/c1-22-12-6-8-15-7-5-10-18(21(15)22)23(2)20(24)13-16-14-25-19-11-4-3-9-17(16)19/h3-4,9,11,14-15,18,21H,5-8,10,12-13H2,1-2H3/t15-,18+,21+/m1/s1. The molecule has 1 aromatic heterocycles. The summed E-state index contributed by atoms with van der Waals surface area (Å²) in [5.74, 6) is 1.04. The van der Waals surface area contributed by atoms with E-state index in [0.29, 0.717) is 18.5 Å². The Bertz CT molecular complexity index is 753. The summed E-state index contributed by atoms with van der Waals surface area (Å²) in [4.78, 5) is 17.6.